The van der Waals surface area contributed by atoms with Gasteiger partial charge in [0.15, 0.2) is 6.61 Å². The number of carbonyl (C=O) groups is 2. The zero-order valence-corrected chi connectivity index (χ0v) is 19.0. The van der Waals surface area contributed by atoms with Gasteiger partial charge in [-0.3, -0.25) is 4.79 Å². The summed E-state index contributed by atoms with van der Waals surface area (Å²) in [6, 6.07) is 10.8. The predicted molar refractivity (Wildman–Crippen MR) is 121 cm³/mol. The minimum Gasteiger partial charge on any atom is -0.463 e. The van der Waals surface area contributed by atoms with Crippen LogP contribution in [-0.4, -0.2) is 40.4 Å². The largest absolute Gasteiger partial charge is 0.463 e. The first kappa shape index (κ1) is 24.2. The number of carbonyl (C=O) groups excluding carboxylic acids is 2. The number of rotatable bonds is 11. The second kappa shape index (κ2) is 12.0. The fourth-order valence-electron chi connectivity index (χ4n) is 2.49. The van der Waals surface area contributed by atoms with E-state index in [4.69, 9.17) is 18.4 Å². The summed E-state index contributed by atoms with van der Waals surface area (Å²) in [7, 11) is 0. The summed E-state index contributed by atoms with van der Waals surface area (Å²) in [5, 5.41) is -0.651. The maximum Gasteiger partial charge on any atom is 0.344 e. The average Bonchev–Trinajstić information content (AvgIpc) is 2.82. The van der Waals surface area contributed by atoms with Crippen LogP contribution in [0.25, 0.3) is 11.0 Å². The molecule has 0 radical (unpaired) electrons. The number of aromatic nitrogens is 2. The lowest BCUT2D eigenvalue weighted by atomic mass is 10.3. The number of ether oxygens (including phenoxy) is 3. The zero-order valence-electron chi connectivity index (χ0n) is 18.2. The van der Waals surface area contributed by atoms with Crippen molar-refractivity contribution in [1.29, 1.82) is 0 Å². The highest BCUT2D eigenvalue weighted by Crippen LogP contribution is 2.26. The number of hydrogen-bond donors (Lipinski definition) is 0. The molecule has 1 unspecified atom stereocenters. The van der Waals surface area contributed by atoms with Gasteiger partial charge in [0.1, 0.15) is 22.6 Å². The Morgan fingerprint density at radius 3 is 2.58 bits per heavy atom. The van der Waals surface area contributed by atoms with Crippen molar-refractivity contribution in [3.05, 3.63) is 54.5 Å². The van der Waals surface area contributed by atoms with Crippen LogP contribution in [0.1, 0.15) is 26.7 Å². The van der Waals surface area contributed by atoms with Gasteiger partial charge in [0, 0.05) is 6.07 Å². The van der Waals surface area contributed by atoms with Crippen molar-refractivity contribution in [3.8, 4) is 17.4 Å². The maximum atomic E-state index is 13.2. The second-order valence-corrected chi connectivity index (χ2v) is 7.98. The van der Waals surface area contributed by atoms with Gasteiger partial charge in [-0.15, -0.1) is 0 Å². The summed E-state index contributed by atoms with van der Waals surface area (Å²) < 4.78 is 34.3. The fraction of sp³-hybridized carbons (Fsp3) is 0.304. The fourth-order valence-corrected chi connectivity index (χ4v) is 3.00. The maximum absolute atomic E-state index is 13.2. The monoisotopic (exact) mass is 474 g/mol. The highest BCUT2D eigenvalue weighted by atomic mass is 32.2. The summed E-state index contributed by atoms with van der Waals surface area (Å²) in [5.41, 5.74) is 0.949. The van der Waals surface area contributed by atoms with E-state index < -0.39 is 23.8 Å². The van der Waals surface area contributed by atoms with Gasteiger partial charge in [0.05, 0.1) is 35.9 Å². The summed E-state index contributed by atoms with van der Waals surface area (Å²) in [4.78, 5) is 31.9. The Kier molecular flexibility index (Phi) is 8.82. The Hall–Kier alpha value is -3.40. The number of benzene rings is 2. The Bertz CT molecular complexity index is 1100. The van der Waals surface area contributed by atoms with Gasteiger partial charge in [0.25, 0.3) is 0 Å². The van der Waals surface area contributed by atoms with E-state index in [-0.39, 0.29) is 11.7 Å². The molecule has 1 atom stereocenters. The van der Waals surface area contributed by atoms with Gasteiger partial charge in [-0.25, -0.2) is 19.2 Å². The van der Waals surface area contributed by atoms with Crippen molar-refractivity contribution in [2.24, 2.45) is 0 Å². The summed E-state index contributed by atoms with van der Waals surface area (Å²) in [6.07, 6.45) is 3.08. The zero-order chi connectivity index (χ0) is 23.6. The number of halogens is 1. The first-order valence-electron chi connectivity index (χ1n) is 10.3. The normalized spacial score (nSPS) is 11.6. The molecule has 0 bridgehead atoms. The lowest BCUT2D eigenvalue weighted by Crippen LogP contribution is -2.23. The molecule has 2 aromatic carbocycles. The van der Waals surface area contributed by atoms with Crippen molar-refractivity contribution in [2.75, 3.05) is 13.2 Å². The molecule has 0 aliphatic carbocycles. The molecule has 3 rings (SSSR count). The average molecular weight is 475 g/mol. The highest BCUT2D eigenvalue weighted by molar-refractivity contribution is 7.96. The van der Waals surface area contributed by atoms with Gasteiger partial charge in [-0.2, -0.15) is 0 Å². The molecule has 0 spiro atoms. The Morgan fingerprint density at radius 2 is 1.82 bits per heavy atom. The molecule has 1 aromatic heterocycles. The van der Waals surface area contributed by atoms with E-state index in [1.807, 2.05) is 6.92 Å². The molecular formula is C23H23FN2O6S. The third-order valence-corrected chi connectivity index (χ3v) is 5.01. The van der Waals surface area contributed by atoms with Crippen LogP contribution in [0.2, 0.25) is 0 Å². The molecule has 8 nitrogen and oxygen atoms in total. The number of hydrogen-bond acceptors (Lipinski definition) is 9. The smallest absolute Gasteiger partial charge is 0.344 e. The van der Waals surface area contributed by atoms with Crippen LogP contribution >= 0.6 is 12.0 Å². The highest BCUT2D eigenvalue weighted by Gasteiger charge is 2.19. The number of nitrogens with zero attached hydrogens (tertiary/aromatic N) is 2. The third-order valence-electron chi connectivity index (χ3n) is 4.24. The van der Waals surface area contributed by atoms with Gasteiger partial charge >= 0.3 is 11.9 Å². The van der Waals surface area contributed by atoms with Crippen LogP contribution in [0.4, 0.5) is 4.39 Å². The standard InChI is InChI=1S/C23H23FN2O6S/c1-3-4-11-29-22(27)14-30-23(28)15(2)33-32-18-8-6-17(7-9-18)31-21-13-25-20-12-16(24)5-10-19(20)26-21/h5-10,12-13,15H,3-4,11,14H2,1-2H3. The summed E-state index contributed by atoms with van der Waals surface area (Å²) in [6.45, 7) is 3.48. The third kappa shape index (κ3) is 7.60. The summed E-state index contributed by atoms with van der Waals surface area (Å²) in [5.74, 6) is -0.285. The minimum atomic E-state index is -0.651. The quantitative estimate of drug-likeness (QED) is 0.219. The van der Waals surface area contributed by atoms with E-state index in [1.54, 1.807) is 31.2 Å². The molecule has 33 heavy (non-hydrogen) atoms. The van der Waals surface area contributed by atoms with Crippen molar-refractivity contribution in [3.63, 3.8) is 0 Å². The molecule has 0 fully saturated rings. The van der Waals surface area contributed by atoms with E-state index in [9.17, 15) is 14.0 Å². The van der Waals surface area contributed by atoms with Crippen molar-refractivity contribution >= 4 is 35.0 Å². The SMILES string of the molecule is CCCCOC(=O)COC(=O)C(C)SOc1ccc(Oc2cnc3cc(F)ccc3n2)cc1. The van der Waals surface area contributed by atoms with Crippen molar-refractivity contribution in [2.45, 2.75) is 31.9 Å². The van der Waals surface area contributed by atoms with E-state index >= 15 is 0 Å². The number of esters is 2. The molecule has 174 valence electrons. The number of fused-ring (bicyclic) bond motifs is 1. The van der Waals surface area contributed by atoms with E-state index in [2.05, 4.69) is 9.97 Å². The minimum absolute atomic E-state index is 0.266. The van der Waals surface area contributed by atoms with Gasteiger partial charge in [-0.05, 0) is 49.7 Å². The Labute approximate surface area is 194 Å². The van der Waals surface area contributed by atoms with E-state index in [0.717, 1.165) is 24.9 Å². The van der Waals surface area contributed by atoms with Crippen molar-refractivity contribution < 1.29 is 32.4 Å². The molecule has 0 amide bonds. The Balaban J connectivity index is 1.45. The van der Waals surface area contributed by atoms with Gasteiger partial charge in [-0.1, -0.05) is 13.3 Å². The molecule has 0 saturated heterocycles. The van der Waals surface area contributed by atoms with Crippen LogP contribution in [-0.2, 0) is 19.1 Å². The van der Waals surface area contributed by atoms with Gasteiger partial charge in [0.2, 0.25) is 5.88 Å². The van der Waals surface area contributed by atoms with Crippen molar-refractivity contribution in [1.82, 2.24) is 9.97 Å². The molecule has 0 saturated carbocycles. The Morgan fingerprint density at radius 1 is 1.06 bits per heavy atom. The molecule has 0 aliphatic heterocycles. The molecule has 0 aliphatic rings. The van der Waals surface area contributed by atoms with E-state index in [0.29, 0.717) is 29.1 Å². The first-order valence-corrected chi connectivity index (χ1v) is 11.1. The molecular weight excluding hydrogens is 451 g/mol. The molecule has 3 aromatic rings. The lowest BCUT2D eigenvalue weighted by molar-refractivity contribution is -0.158. The first-order chi connectivity index (χ1) is 15.9. The van der Waals surface area contributed by atoms with Gasteiger partial charge < -0.3 is 18.4 Å². The van der Waals surface area contributed by atoms with Crippen LogP contribution < -0.4 is 8.92 Å². The molecule has 0 N–H and O–H groups in total. The molecule has 1 heterocycles. The lowest BCUT2D eigenvalue weighted by Gasteiger charge is -2.11. The topological polar surface area (TPSA) is 96.8 Å². The number of unbranched alkanes of at least 4 members (excludes halogenated alkanes) is 1. The van der Waals surface area contributed by atoms with Crippen LogP contribution in [0.15, 0.2) is 48.7 Å². The molecule has 10 heteroatoms. The van der Waals surface area contributed by atoms with E-state index in [1.165, 1.54) is 24.4 Å². The predicted octanol–water partition coefficient (Wildman–Crippen LogP) is 4.86. The second-order valence-electron chi connectivity index (χ2n) is 6.92. The summed E-state index contributed by atoms with van der Waals surface area (Å²) >= 11 is 0.903. The van der Waals surface area contributed by atoms with Crippen LogP contribution in [0, 0.1) is 5.82 Å². The van der Waals surface area contributed by atoms with Crippen LogP contribution in [0.5, 0.6) is 17.4 Å². The van der Waals surface area contributed by atoms with Crippen LogP contribution in [0.3, 0.4) is 0 Å².